The number of aliphatic hydroxyl groups is 1. The van der Waals surface area contributed by atoms with Gasteiger partial charge in [0, 0.05) is 48.2 Å². The van der Waals surface area contributed by atoms with Crippen LogP contribution in [0.5, 0.6) is 5.75 Å². The molecule has 2 atom stereocenters. The van der Waals surface area contributed by atoms with Gasteiger partial charge in [0.05, 0.1) is 18.2 Å². The average Bonchev–Trinajstić information content (AvgIpc) is 3.29. The molecule has 5 rings (SSSR count). The minimum absolute atomic E-state index is 0.00548. The van der Waals surface area contributed by atoms with E-state index < -0.39 is 18.2 Å². The fourth-order valence-electron chi connectivity index (χ4n) is 5.78. The number of esters is 1. The molecule has 6 nitrogen and oxygen atoms in total. The van der Waals surface area contributed by atoms with E-state index in [0.717, 1.165) is 28.1 Å². The quantitative estimate of drug-likeness (QED) is 0.178. The number of phenols is 1. The highest BCUT2D eigenvalue weighted by atomic mass is 19.1. The summed E-state index contributed by atoms with van der Waals surface area (Å²) >= 11 is 0. The van der Waals surface area contributed by atoms with Crippen LogP contribution in [0.4, 0.5) is 4.39 Å². The number of halogens is 1. The first kappa shape index (κ1) is 28.3. The Kier molecular flexibility index (Phi) is 8.36. The van der Waals surface area contributed by atoms with E-state index in [-0.39, 0.29) is 36.1 Å². The second-order valence-electron chi connectivity index (χ2n) is 10.9. The van der Waals surface area contributed by atoms with E-state index in [0.29, 0.717) is 30.5 Å². The molecular weight excluding hydrogens is 521 g/mol. The van der Waals surface area contributed by atoms with Gasteiger partial charge >= 0.3 is 5.97 Å². The Bertz CT molecular complexity index is 1540. The summed E-state index contributed by atoms with van der Waals surface area (Å²) in [4.78, 5) is 26.3. The molecule has 2 unspecified atom stereocenters. The van der Waals surface area contributed by atoms with Gasteiger partial charge in [-0.2, -0.15) is 0 Å². The maximum Gasteiger partial charge on any atom is 0.308 e. The number of carbonyl (C=O) groups excluding carboxylic acids is 2. The monoisotopic (exact) mass is 555 g/mol. The second kappa shape index (κ2) is 12.1. The van der Waals surface area contributed by atoms with Gasteiger partial charge in [-0.05, 0) is 47.4 Å². The summed E-state index contributed by atoms with van der Waals surface area (Å²) in [5.41, 5.74) is 4.98. The predicted molar refractivity (Wildman–Crippen MR) is 155 cm³/mol. The van der Waals surface area contributed by atoms with Gasteiger partial charge < -0.3 is 19.5 Å². The molecule has 0 saturated carbocycles. The molecule has 0 bridgehead atoms. The molecule has 0 radical (unpaired) electrons. The number of benzene rings is 3. The number of aliphatic hydroxyl groups excluding tert-OH is 1. The third-order valence-corrected chi connectivity index (χ3v) is 7.56. The lowest BCUT2D eigenvalue weighted by Crippen LogP contribution is -2.33. The van der Waals surface area contributed by atoms with Gasteiger partial charge in [-0.15, -0.1) is 0 Å². The van der Waals surface area contributed by atoms with Gasteiger partial charge in [-0.3, -0.25) is 9.59 Å². The van der Waals surface area contributed by atoms with Crippen molar-refractivity contribution in [2.24, 2.45) is 0 Å². The largest absolute Gasteiger partial charge is 0.508 e. The van der Waals surface area contributed by atoms with E-state index in [9.17, 15) is 24.2 Å². The minimum Gasteiger partial charge on any atom is -0.508 e. The first-order valence-corrected chi connectivity index (χ1v) is 14.0. The molecule has 4 aromatic rings. The minimum atomic E-state index is -0.748. The van der Waals surface area contributed by atoms with Crippen molar-refractivity contribution in [1.82, 2.24) is 4.57 Å². The van der Waals surface area contributed by atoms with Crippen LogP contribution in [0.2, 0.25) is 0 Å². The van der Waals surface area contributed by atoms with E-state index in [4.69, 9.17) is 4.74 Å². The van der Waals surface area contributed by atoms with E-state index >= 15 is 0 Å². The standard InChI is InChI=1S/C34H34FNO5/c1-21(2)33-32(29(39)18-24-10-6-7-11-28(24)38)31(22-8-4-3-5-9-22)34(23-12-14-25(35)15-13-23)36(33)17-16-27-19-26(37)20-30(40)41-27/h3-15,21,26-27,37-38H,16-20H2,1-2H3. The molecule has 41 heavy (non-hydrogen) atoms. The van der Waals surface area contributed by atoms with Crippen LogP contribution in [0.25, 0.3) is 22.4 Å². The van der Waals surface area contributed by atoms with Crippen molar-refractivity contribution in [3.05, 3.63) is 102 Å². The van der Waals surface area contributed by atoms with Crippen LogP contribution < -0.4 is 0 Å². The van der Waals surface area contributed by atoms with Gasteiger partial charge in [-0.1, -0.05) is 62.4 Å². The summed E-state index contributed by atoms with van der Waals surface area (Å²) in [6.45, 7) is 4.46. The Labute approximate surface area is 239 Å². The molecule has 1 saturated heterocycles. The zero-order chi connectivity index (χ0) is 29.1. The maximum absolute atomic E-state index is 14.2. The molecule has 7 heteroatoms. The number of Topliss-reactive ketones (excluding diaryl/α,β-unsaturated/α-hetero) is 1. The molecule has 0 spiro atoms. The van der Waals surface area contributed by atoms with Gasteiger partial charge in [0.25, 0.3) is 0 Å². The molecule has 1 aromatic heterocycles. The maximum atomic E-state index is 14.2. The van der Waals surface area contributed by atoms with E-state index in [1.54, 1.807) is 36.4 Å². The topological polar surface area (TPSA) is 88.8 Å². The first-order chi connectivity index (χ1) is 19.7. The molecule has 212 valence electrons. The molecule has 1 fully saturated rings. The van der Waals surface area contributed by atoms with Crippen molar-refractivity contribution in [3.63, 3.8) is 0 Å². The summed E-state index contributed by atoms with van der Waals surface area (Å²) in [6.07, 6.45) is -0.432. The van der Waals surface area contributed by atoms with E-state index in [1.165, 1.54) is 12.1 Å². The van der Waals surface area contributed by atoms with Crippen molar-refractivity contribution in [3.8, 4) is 28.1 Å². The van der Waals surface area contributed by atoms with E-state index in [2.05, 4.69) is 4.57 Å². The SMILES string of the molecule is CC(C)c1c(C(=O)Cc2ccccc2O)c(-c2ccccc2)c(-c2ccc(F)cc2)n1CCC1CC(O)CC(=O)O1. The van der Waals surface area contributed by atoms with Crippen LogP contribution in [0.15, 0.2) is 78.9 Å². The Morgan fingerprint density at radius 2 is 1.68 bits per heavy atom. The molecule has 0 amide bonds. The van der Waals surface area contributed by atoms with Gasteiger partial charge in [0.2, 0.25) is 0 Å². The van der Waals surface area contributed by atoms with Crippen LogP contribution in [0, 0.1) is 5.82 Å². The zero-order valence-corrected chi connectivity index (χ0v) is 23.2. The third kappa shape index (κ3) is 6.10. The van der Waals surface area contributed by atoms with Crippen LogP contribution in [-0.4, -0.2) is 38.7 Å². The lowest BCUT2D eigenvalue weighted by Gasteiger charge is -2.27. The molecule has 2 heterocycles. The van der Waals surface area contributed by atoms with Crippen LogP contribution in [0.1, 0.15) is 60.6 Å². The summed E-state index contributed by atoms with van der Waals surface area (Å²) in [7, 11) is 0. The number of hydrogen-bond donors (Lipinski definition) is 2. The second-order valence-corrected chi connectivity index (χ2v) is 10.9. The van der Waals surface area contributed by atoms with Crippen molar-refractivity contribution >= 4 is 11.8 Å². The van der Waals surface area contributed by atoms with E-state index in [1.807, 2.05) is 44.2 Å². The molecule has 2 N–H and O–H groups in total. The van der Waals surface area contributed by atoms with Crippen molar-refractivity contribution in [2.75, 3.05) is 0 Å². The Hall–Kier alpha value is -4.23. The number of aromatic hydroxyl groups is 1. The summed E-state index contributed by atoms with van der Waals surface area (Å²) in [5.74, 6) is -0.946. The highest BCUT2D eigenvalue weighted by Gasteiger charge is 2.32. The Balaban J connectivity index is 1.72. The number of phenolic OH excluding ortho intramolecular Hbond substituents is 1. The number of carbonyl (C=O) groups is 2. The fraction of sp³-hybridized carbons (Fsp3) is 0.294. The molecular formula is C34H34FNO5. The average molecular weight is 556 g/mol. The molecule has 3 aromatic carbocycles. The van der Waals surface area contributed by atoms with Crippen molar-refractivity contribution in [1.29, 1.82) is 0 Å². The Morgan fingerprint density at radius 3 is 2.34 bits per heavy atom. The number of para-hydroxylation sites is 1. The highest BCUT2D eigenvalue weighted by molar-refractivity contribution is 6.08. The number of ether oxygens (including phenoxy) is 1. The predicted octanol–water partition coefficient (Wildman–Crippen LogP) is 6.67. The molecule has 1 aliphatic rings. The van der Waals surface area contributed by atoms with Crippen LogP contribution in [0.3, 0.4) is 0 Å². The number of aromatic nitrogens is 1. The summed E-state index contributed by atoms with van der Waals surface area (Å²) < 4.78 is 21.7. The lowest BCUT2D eigenvalue weighted by molar-refractivity contribution is -0.160. The fourth-order valence-corrected chi connectivity index (χ4v) is 5.78. The first-order valence-electron chi connectivity index (χ1n) is 14.0. The van der Waals surface area contributed by atoms with Gasteiger partial charge in [0.1, 0.15) is 17.7 Å². The highest BCUT2D eigenvalue weighted by Crippen LogP contribution is 2.43. The zero-order valence-electron chi connectivity index (χ0n) is 23.2. The lowest BCUT2D eigenvalue weighted by atomic mass is 9.90. The number of nitrogens with zero attached hydrogens (tertiary/aromatic N) is 1. The van der Waals surface area contributed by atoms with Gasteiger partial charge in [-0.25, -0.2) is 4.39 Å². The number of rotatable bonds is 9. The van der Waals surface area contributed by atoms with Crippen molar-refractivity contribution < 1.29 is 28.9 Å². The number of ketones is 1. The summed E-state index contributed by atoms with van der Waals surface area (Å²) in [5, 5.41) is 20.6. The smallest absolute Gasteiger partial charge is 0.308 e. The van der Waals surface area contributed by atoms with Crippen LogP contribution >= 0.6 is 0 Å². The normalized spacial score (nSPS) is 17.0. The Morgan fingerprint density at radius 1 is 1.00 bits per heavy atom. The molecule has 1 aliphatic heterocycles. The summed E-state index contributed by atoms with van der Waals surface area (Å²) in [6, 6.07) is 22.7. The van der Waals surface area contributed by atoms with Crippen LogP contribution in [-0.2, 0) is 22.5 Å². The van der Waals surface area contributed by atoms with Crippen molar-refractivity contribution in [2.45, 2.75) is 64.2 Å². The number of cyclic esters (lactones) is 1. The third-order valence-electron chi connectivity index (χ3n) is 7.56. The number of hydrogen-bond acceptors (Lipinski definition) is 5. The van der Waals surface area contributed by atoms with Gasteiger partial charge in [0.15, 0.2) is 5.78 Å². The molecule has 0 aliphatic carbocycles.